The molecule has 1 aromatic carbocycles. The van der Waals surface area contributed by atoms with Crippen LogP contribution in [0.2, 0.25) is 0 Å². The second kappa shape index (κ2) is 13.7. The predicted molar refractivity (Wildman–Crippen MR) is 140 cm³/mol. The van der Waals surface area contributed by atoms with Crippen LogP contribution in [0.3, 0.4) is 0 Å². The van der Waals surface area contributed by atoms with Gasteiger partial charge in [0.05, 0.1) is 23.1 Å². The molecule has 1 aliphatic rings. The van der Waals surface area contributed by atoms with Gasteiger partial charge >= 0.3 is 5.97 Å². The molecule has 0 saturated carbocycles. The number of likely N-dealkylation sites (N-methyl/N-ethyl adjacent to an activating group) is 1. The maximum atomic E-state index is 12.8. The Labute approximate surface area is 218 Å². The van der Waals surface area contributed by atoms with Crippen molar-refractivity contribution in [3.05, 3.63) is 27.1 Å². The summed E-state index contributed by atoms with van der Waals surface area (Å²) in [5.74, 6) is 0.243. The van der Waals surface area contributed by atoms with Crippen molar-refractivity contribution in [2.24, 2.45) is 0 Å². The molecule has 2 rings (SSSR count). The summed E-state index contributed by atoms with van der Waals surface area (Å²) in [6.45, 7) is 7.54. The smallest absolute Gasteiger partial charge is 0.305 e. The van der Waals surface area contributed by atoms with Crippen LogP contribution in [0.5, 0.6) is 11.5 Å². The molecule has 0 atom stereocenters. The largest absolute Gasteiger partial charge is 0.490 e. The summed E-state index contributed by atoms with van der Waals surface area (Å²) in [6, 6.07) is 3.55. The van der Waals surface area contributed by atoms with Gasteiger partial charge in [0.2, 0.25) is 0 Å². The third-order valence-corrected chi connectivity index (χ3v) is 6.92. The number of thioether (sulfide) groups is 1. The Kier molecular flexibility index (Phi) is 11.3. The zero-order valence-electron chi connectivity index (χ0n) is 19.7. The van der Waals surface area contributed by atoms with Gasteiger partial charge in [-0.1, -0.05) is 24.0 Å². The summed E-state index contributed by atoms with van der Waals surface area (Å²) in [5, 5.41) is 0. The van der Waals surface area contributed by atoms with Crippen LogP contribution < -0.4 is 9.47 Å². The predicted octanol–water partition coefficient (Wildman–Crippen LogP) is 4.25. The molecular formula is C23H29BrN2O6S2. The summed E-state index contributed by atoms with van der Waals surface area (Å²) < 4.78 is 17.2. The van der Waals surface area contributed by atoms with Crippen molar-refractivity contribution in [3.63, 3.8) is 0 Å². The van der Waals surface area contributed by atoms with Crippen LogP contribution in [0.15, 0.2) is 21.5 Å². The SMILES string of the molecule is CCOc1cc(/C=C2/SC(=S)N(CCCC(=O)OC)C2=O)cc(Br)c1OCC(=O)N(CC)CC. The molecule has 1 heterocycles. The van der Waals surface area contributed by atoms with E-state index in [-0.39, 0.29) is 30.8 Å². The zero-order chi connectivity index (χ0) is 25.3. The van der Waals surface area contributed by atoms with E-state index in [1.807, 2.05) is 20.8 Å². The Bertz CT molecular complexity index is 965. The summed E-state index contributed by atoms with van der Waals surface area (Å²) in [5.41, 5.74) is 0.716. The first-order valence-electron chi connectivity index (χ1n) is 10.9. The summed E-state index contributed by atoms with van der Waals surface area (Å²) in [6.07, 6.45) is 2.41. The maximum absolute atomic E-state index is 12.8. The molecular weight excluding hydrogens is 544 g/mol. The van der Waals surface area contributed by atoms with E-state index < -0.39 is 0 Å². The molecule has 1 fully saturated rings. The molecule has 34 heavy (non-hydrogen) atoms. The van der Waals surface area contributed by atoms with Crippen LogP contribution in [0, 0.1) is 0 Å². The molecule has 186 valence electrons. The van der Waals surface area contributed by atoms with E-state index >= 15 is 0 Å². The Morgan fingerprint density at radius 3 is 2.53 bits per heavy atom. The summed E-state index contributed by atoms with van der Waals surface area (Å²) in [4.78, 5) is 40.2. The van der Waals surface area contributed by atoms with Crippen LogP contribution in [0.25, 0.3) is 6.08 Å². The highest BCUT2D eigenvalue weighted by Gasteiger charge is 2.31. The second-order valence-electron chi connectivity index (χ2n) is 7.13. The number of amides is 2. The van der Waals surface area contributed by atoms with Crippen LogP contribution in [0.4, 0.5) is 0 Å². The van der Waals surface area contributed by atoms with Gasteiger partial charge in [-0.15, -0.1) is 0 Å². The van der Waals surface area contributed by atoms with Crippen LogP contribution in [-0.4, -0.2) is 71.9 Å². The number of carbonyl (C=O) groups is 3. The number of hydrogen-bond donors (Lipinski definition) is 0. The molecule has 0 radical (unpaired) electrons. The highest BCUT2D eigenvalue weighted by Crippen LogP contribution is 2.39. The van der Waals surface area contributed by atoms with E-state index in [9.17, 15) is 14.4 Å². The maximum Gasteiger partial charge on any atom is 0.305 e. The lowest BCUT2D eigenvalue weighted by Crippen LogP contribution is -2.34. The van der Waals surface area contributed by atoms with Crippen LogP contribution in [-0.2, 0) is 19.1 Å². The molecule has 0 aromatic heterocycles. The third-order valence-electron chi connectivity index (χ3n) is 4.95. The minimum Gasteiger partial charge on any atom is -0.490 e. The average Bonchev–Trinajstić information content (AvgIpc) is 3.06. The summed E-state index contributed by atoms with van der Waals surface area (Å²) in [7, 11) is 1.33. The first-order valence-corrected chi connectivity index (χ1v) is 13.0. The molecule has 1 aromatic rings. The topological polar surface area (TPSA) is 85.4 Å². The fourth-order valence-electron chi connectivity index (χ4n) is 3.20. The van der Waals surface area contributed by atoms with E-state index in [2.05, 4.69) is 20.7 Å². The van der Waals surface area contributed by atoms with Gasteiger partial charge in [-0.2, -0.15) is 0 Å². The highest BCUT2D eigenvalue weighted by molar-refractivity contribution is 9.10. The van der Waals surface area contributed by atoms with Crippen LogP contribution in [0.1, 0.15) is 39.2 Å². The third kappa shape index (κ3) is 7.44. The number of hydrogen-bond acceptors (Lipinski definition) is 8. The van der Waals surface area contributed by atoms with Gasteiger partial charge in [0.15, 0.2) is 18.1 Å². The zero-order valence-corrected chi connectivity index (χ0v) is 22.9. The van der Waals surface area contributed by atoms with E-state index in [1.165, 1.54) is 23.8 Å². The van der Waals surface area contributed by atoms with Crippen molar-refractivity contribution in [2.75, 3.05) is 40.0 Å². The molecule has 1 aliphatic heterocycles. The van der Waals surface area contributed by atoms with E-state index in [0.717, 1.165) is 0 Å². The number of ether oxygens (including phenoxy) is 3. The fraction of sp³-hybridized carbons (Fsp3) is 0.478. The normalized spacial score (nSPS) is 14.5. The molecule has 0 unspecified atom stereocenters. The molecule has 0 aliphatic carbocycles. The van der Waals surface area contributed by atoms with E-state index in [0.29, 0.717) is 63.4 Å². The highest BCUT2D eigenvalue weighted by atomic mass is 79.9. The Balaban J connectivity index is 2.19. The van der Waals surface area contributed by atoms with Gasteiger partial charge in [-0.05, 0) is 66.9 Å². The van der Waals surface area contributed by atoms with Crippen molar-refractivity contribution in [1.82, 2.24) is 9.80 Å². The van der Waals surface area contributed by atoms with Gasteiger partial charge < -0.3 is 19.1 Å². The molecule has 0 bridgehead atoms. The molecule has 0 spiro atoms. The first-order chi connectivity index (χ1) is 16.2. The number of benzene rings is 1. The quantitative estimate of drug-likeness (QED) is 0.209. The van der Waals surface area contributed by atoms with Gasteiger partial charge in [0.1, 0.15) is 4.32 Å². The van der Waals surface area contributed by atoms with E-state index in [1.54, 1.807) is 23.1 Å². The molecule has 11 heteroatoms. The molecule has 1 saturated heterocycles. The van der Waals surface area contributed by atoms with Crippen molar-refractivity contribution in [3.8, 4) is 11.5 Å². The summed E-state index contributed by atoms with van der Waals surface area (Å²) >= 11 is 10.1. The number of esters is 1. The lowest BCUT2D eigenvalue weighted by molar-refractivity contribution is -0.141. The number of halogens is 1. The Hall–Kier alpha value is -2.11. The lowest BCUT2D eigenvalue weighted by Gasteiger charge is -2.20. The Morgan fingerprint density at radius 1 is 1.21 bits per heavy atom. The number of nitrogens with zero attached hydrogens (tertiary/aromatic N) is 2. The van der Waals surface area contributed by atoms with Crippen molar-refractivity contribution >= 4 is 68.1 Å². The van der Waals surface area contributed by atoms with Crippen molar-refractivity contribution < 1.29 is 28.6 Å². The van der Waals surface area contributed by atoms with Gasteiger partial charge in [0.25, 0.3) is 11.8 Å². The molecule has 2 amide bonds. The van der Waals surface area contributed by atoms with Gasteiger partial charge in [0, 0.05) is 26.1 Å². The number of methoxy groups -OCH3 is 1. The number of thiocarbonyl (C=S) groups is 1. The Morgan fingerprint density at radius 2 is 1.91 bits per heavy atom. The lowest BCUT2D eigenvalue weighted by atomic mass is 10.1. The van der Waals surface area contributed by atoms with Gasteiger partial charge in [-0.25, -0.2) is 0 Å². The fourth-order valence-corrected chi connectivity index (χ4v) is 5.09. The minimum absolute atomic E-state index is 0.107. The van der Waals surface area contributed by atoms with Crippen molar-refractivity contribution in [2.45, 2.75) is 33.6 Å². The van der Waals surface area contributed by atoms with Crippen molar-refractivity contribution in [1.29, 1.82) is 0 Å². The molecule has 8 nitrogen and oxygen atoms in total. The molecule has 0 N–H and O–H groups in total. The average molecular weight is 574 g/mol. The number of rotatable bonds is 12. The van der Waals surface area contributed by atoms with E-state index in [4.69, 9.17) is 21.7 Å². The number of carbonyl (C=O) groups excluding carboxylic acids is 3. The second-order valence-corrected chi connectivity index (χ2v) is 9.66. The minimum atomic E-state index is -0.324. The van der Waals surface area contributed by atoms with Gasteiger partial charge in [-0.3, -0.25) is 19.3 Å². The standard InChI is InChI=1S/C23H29BrN2O6S2/c1-5-25(6-2)19(27)14-32-21-16(24)11-15(12-17(21)31-7-3)13-18-22(29)26(23(33)34-18)10-8-9-20(28)30-4/h11-13H,5-10,14H2,1-4H3/b18-13+. The monoisotopic (exact) mass is 572 g/mol. The first kappa shape index (κ1) is 28.1. The van der Waals surface area contributed by atoms with Crippen LogP contribution >= 0.6 is 39.9 Å².